The zero-order chi connectivity index (χ0) is 18.6. The molecule has 2 aromatic rings. The molecule has 0 saturated carbocycles. The Labute approximate surface area is 153 Å². The normalized spacial score (nSPS) is 11.4. The molecule has 8 heteroatoms. The molecule has 0 unspecified atom stereocenters. The molecule has 0 radical (unpaired) electrons. The molecule has 1 N–H and O–H groups in total. The number of rotatable bonds is 6. The summed E-state index contributed by atoms with van der Waals surface area (Å²) in [7, 11) is 1.07. The fourth-order valence-corrected chi connectivity index (χ4v) is 3.24. The van der Waals surface area contributed by atoms with Gasteiger partial charge in [0.2, 0.25) is 15.9 Å². The van der Waals surface area contributed by atoms with Crippen molar-refractivity contribution in [1.29, 1.82) is 0 Å². The first-order valence-electron chi connectivity index (χ1n) is 7.50. The fourth-order valence-electron chi connectivity index (χ4n) is 2.15. The third-order valence-corrected chi connectivity index (χ3v) is 5.71. The van der Waals surface area contributed by atoms with E-state index in [1.165, 1.54) is 32.3 Å². The lowest BCUT2D eigenvalue weighted by Gasteiger charge is -2.19. The molecule has 0 spiro atoms. The Morgan fingerprint density at radius 1 is 1.08 bits per heavy atom. The van der Waals surface area contributed by atoms with E-state index in [0.29, 0.717) is 0 Å². The number of hydrogen-bond acceptors (Lipinski definition) is 4. The van der Waals surface area contributed by atoms with Gasteiger partial charge in [0.1, 0.15) is 0 Å². The van der Waals surface area contributed by atoms with Crippen molar-refractivity contribution in [3.63, 3.8) is 0 Å². The van der Waals surface area contributed by atoms with Gasteiger partial charge in [-0.2, -0.15) is 0 Å². The van der Waals surface area contributed by atoms with Crippen LogP contribution in [0.25, 0.3) is 0 Å². The molecule has 0 heterocycles. The Balaban J connectivity index is 2.15. The van der Waals surface area contributed by atoms with Crippen LogP contribution in [0.2, 0.25) is 5.02 Å². The highest BCUT2D eigenvalue weighted by molar-refractivity contribution is 7.89. The van der Waals surface area contributed by atoms with Crippen LogP contribution in [0.5, 0.6) is 0 Å². The van der Waals surface area contributed by atoms with Gasteiger partial charge in [-0.15, -0.1) is 0 Å². The summed E-state index contributed by atoms with van der Waals surface area (Å²) in [5.41, 5.74) is 1.16. The van der Waals surface area contributed by atoms with Crippen LogP contribution in [-0.4, -0.2) is 46.3 Å². The molecule has 2 aromatic carbocycles. The van der Waals surface area contributed by atoms with E-state index in [2.05, 4.69) is 5.32 Å². The molecule has 25 heavy (non-hydrogen) atoms. The standard InChI is InChI=1S/C17H20ClN3O3S/c1-20(2)25(23,24)14-9-10-15(18)16(11-14)19-17(22)12-21(3)13-7-5-4-6-8-13/h4-11H,12H2,1-3H3,(H,19,22). The number of halogens is 1. The summed E-state index contributed by atoms with van der Waals surface area (Å²) < 4.78 is 25.5. The van der Waals surface area contributed by atoms with Crippen LogP contribution >= 0.6 is 11.6 Å². The Morgan fingerprint density at radius 2 is 1.72 bits per heavy atom. The van der Waals surface area contributed by atoms with E-state index in [1.54, 1.807) is 11.9 Å². The van der Waals surface area contributed by atoms with Crippen molar-refractivity contribution in [2.45, 2.75) is 4.90 Å². The summed E-state index contributed by atoms with van der Waals surface area (Å²) in [5.74, 6) is -0.298. The van der Waals surface area contributed by atoms with Gasteiger partial charge in [0.05, 0.1) is 22.2 Å². The van der Waals surface area contributed by atoms with Crippen LogP contribution in [0.3, 0.4) is 0 Å². The van der Waals surface area contributed by atoms with Gasteiger partial charge in [-0.05, 0) is 30.3 Å². The van der Waals surface area contributed by atoms with E-state index in [1.807, 2.05) is 30.3 Å². The SMILES string of the molecule is CN(CC(=O)Nc1cc(S(=O)(=O)N(C)C)ccc1Cl)c1ccccc1. The Bertz CT molecular complexity index is 855. The summed E-state index contributed by atoms with van der Waals surface area (Å²) in [6.07, 6.45) is 0. The van der Waals surface area contributed by atoms with Gasteiger partial charge in [0.15, 0.2) is 0 Å². The van der Waals surface area contributed by atoms with E-state index < -0.39 is 10.0 Å². The second-order valence-corrected chi connectivity index (χ2v) is 8.23. The number of nitrogens with zero attached hydrogens (tertiary/aromatic N) is 2. The summed E-state index contributed by atoms with van der Waals surface area (Å²) in [6, 6.07) is 13.7. The highest BCUT2D eigenvalue weighted by Gasteiger charge is 2.19. The van der Waals surface area contributed by atoms with Crippen molar-refractivity contribution in [3.8, 4) is 0 Å². The van der Waals surface area contributed by atoms with Gasteiger partial charge < -0.3 is 10.2 Å². The molecule has 0 aliphatic carbocycles. The first-order valence-corrected chi connectivity index (χ1v) is 9.31. The molecule has 2 rings (SSSR count). The molecule has 0 aromatic heterocycles. The maximum Gasteiger partial charge on any atom is 0.243 e. The minimum atomic E-state index is -3.61. The molecule has 6 nitrogen and oxygen atoms in total. The molecule has 1 amide bonds. The first kappa shape index (κ1) is 19.2. The molecule has 0 aliphatic rings. The minimum absolute atomic E-state index is 0.0635. The van der Waals surface area contributed by atoms with Crippen LogP contribution in [0.15, 0.2) is 53.4 Å². The van der Waals surface area contributed by atoms with Crippen molar-refractivity contribution in [3.05, 3.63) is 53.6 Å². The van der Waals surface area contributed by atoms with Crippen molar-refractivity contribution in [2.24, 2.45) is 0 Å². The van der Waals surface area contributed by atoms with Crippen molar-refractivity contribution >= 4 is 38.9 Å². The Morgan fingerprint density at radius 3 is 2.32 bits per heavy atom. The molecule has 0 aliphatic heterocycles. The monoisotopic (exact) mass is 381 g/mol. The molecule has 0 bridgehead atoms. The highest BCUT2D eigenvalue weighted by Crippen LogP contribution is 2.26. The Kier molecular flexibility index (Phi) is 6.05. The molecular weight excluding hydrogens is 362 g/mol. The average Bonchev–Trinajstić information content (AvgIpc) is 2.57. The second kappa shape index (κ2) is 7.86. The number of amides is 1. The number of nitrogens with one attached hydrogen (secondary N) is 1. The van der Waals surface area contributed by atoms with Gasteiger partial charge >= 0.3 is 0 Å². The molecule has 134 valence electrons. The molecular formula is C17H20ClN3O3S. The summed E-state index contributed by atoms with van der Waals surface area (Å²) in [6.45, 7) is 0.102. The number of hydrogen-bond donors (Lipinski definition) is 1. The number of para-hydroxylation sites is 1. The zero-order valence-electron chi connectivity index (χ0n) is 14.2. The quantitative estimate of drug-likeness (QED) is 0.835. The van der Waals surface area contributed by atoms with Crippen LogP contribution in [0.1, 0.15) is 0 Å². The predicted octanol–water partition coefficient (Wildman–Crippen LogP) is 2.67. The predicted molar refractivity (Wildman–Crippen MR) is 101 cm³/mol. The number of benzene rings is 2. The number of carbonyl (C=O) groups is 1. The van der Waals surface area contributed by atoms with Crippen LogP contribution in [-0.2, 0) is 14.8 Å². The average molecular weight is 382 g/mol. The number of anilines is 2. The maximum atomic E-state index is 12.3. The van der Waals surface area contributed by atoms with E-state index in [9.17, 15) is 13.2 Å². The van der Waals surface area contributed by atoms with E-state index in [-0.39, 0.29) is 28.1 Å². The van der Waals surface area contributed by atoms with Crippen molar-refractivity contribution < 1.29 is 13.2 Å². The van der Waals surface area contributed by atoms with Gasteiger partial charge in [0, 0.05) is 26.8 Å². The largest absolute Gasteiger partial charge is 0.365 e. The number of carbonyl (C=O) groups excluding carboxylic acids is 1. The van der Waals surface area contributed by atoms with E-state index in [0.717, 1.165) is 9.99 Å². The number of sulfonamides is 1. The van der Waals surface area contributed by atoms with Gasteiger partial charge in [0.25, 0.3) is 0 Å². The van der Waals surface area contributed by atoms with Crippen LogP contribution in [0, 0.1) is 0 Å². The van der Waals surface area contributed by atoms with Crippen molar-refractivity contribution in [2.75, 3.05) is 37.9 Å². The second-order valence-electron chi connectivity index (χ2n) is 5.67. The van der Waals surface area contributed by atoms with Gasteiger partial charge in [-0.3, -0.25) is 4.79 Å². The summed E-state index contributed by atoms with van der Waals surface area (Å²) >= 11 is 6.09. The van der Waals surface area contributed by atoms with Crippen LogP contribution in [0.4, 0.5) is 11.4 Å². The fraction of sp³-hybridized carbons (Fsp3) is 0.235. The Hall–Kier alpha value is -2.09. The van der Waals surface area contributed by atoms with Gasteiger partial charge in [-0.1, -0.05) is 29.8 Å². The van der Waals surface area contributed by atoms with E-state index >= 15 is 0 Å². The zero-order valence-corrected chi connectivity index (χ0v) is 15.8. The lowest BCUT2D eigenvalue weighted by molar-refractivity contribution is -0.114. The smallest absolute Gasteiger partial charge is 0.243 e. The number of likely N-dealkylation sites (N-methyl/N-ethyl adjacent to an activating group) is 1. The third-order valence-electron chi connectivity index (χ3n) is 3.57. The van der Waals surface area contributed by atoms with E-state index in [4.69, 9.17) is 11.6 Å². The molecule has 0 atom stereocenters. The maximum absolute atomic E-state index is 12.3. The van der Waals surface area contributed by atoms with Gasteiger partial charge in [-0.25, -0.2) is 12.7 Å². The topological polar surface area (TPSA) is 69.7 Å². The first-order chi connectivity index (χ1) is 11.7. The van der Waals surface area contributed by atoms with Crippen LogP contribution < -0.4 is 10.2 Å². The lowest BCUT2D eigenvalue weighted by Crippen LogP contribution is -2.30. The molecule has 0 fully saturated rings. The third kappa shape index (κ3) is 4.72. The lowest BCUT2D eigenvalue weighted by atomic mass is 10.3. The minimum Gasteiger partial charge on any atom is -0.365 e. The highest BCUT2D eigenvalue weighted by atomic mass is 35.5. The van der Waals surface area contributed by atoms with Crippen molar-refractivity contribution in [1.82, 2.24) is 4.31 Å². The summed E-state index contributed by atoms with van der Waals surface area (Å²) in [4.78, 5) is 14.1. The summed E-state index contributed by atoms with van der Waals surface area (Å²) in [5, 5.41) is 2.94. The molecule has 0 saturated heterocycles.